The number of aromatic nitrogens is 1. The first-order valence-corrected chi connectivity index (χ1v) is 12.8. The summed E-state index contributed by atoms with van der Waals surface area (Å²) in [6, 6.07) is 4.51. The number of benzene rings is 1. The first-order chi connectivity index (χ1) is 19.3. The Bertz CT molecular complexity index is 1580. The van der Waals surface area contributed by atoms with Crippen molar-refractivity contribution in [3.05, 3.63) is 75.8 Å². The number of carbonyl (C=O) groups excluding carboxylic acids is 4. The molecule has 2 aromatic rings. The number of aromatic hydroxyl groups is 1. The molecule has 0 aliphatic heterocycles. The Kier molecular flexibility index (Phi) is 6.59. The molecular weight excluding hydrogens is 536 g/mol. The van der Waals surface area contributed by atoms with Gasteiger partial charge in [0.15, 0.2) is 11.4 Å². The van der Waals surface area contributed by atoms with Gasteiger partial charge in [-0.15, -0.1) is 0 Å². The van der Waals surface area contributed by atoms with Gasteiger partial charge in [0.05, 0.1) is 17.2 Å². The van der Waals surface area contributed by atoms with E-state index in [-0.39, 0.29) is 41.8 Å². The second-order valence-corrected chi connectivity index (χ2v) is 10.7. The predicted molar refractivity (Wildman–Crippen MR) is 139 cm³/mol. The lowest BCUT2D eigenvalue weighted by Gasteiger charge is -2.50. The number of ketones is 2. The maximum absolute atomic E-state index is 13.9. The zero-order chi connectivity index (χ0) is 30.0. The molecule has 0 bridgehead atoms. The minimum absolute atomic E-state index is 0.00355. The number of pyridine rings is 1. The number of aliphatic hydroxyl groups excluding tert-OH is 2. The summed E-state index contributed by atoms with van der Waals surface area (Å²) in [7, 11) is 3.05. The van der Waals surface area contributed by atoms with Crippen LogP contribution in [0.25, 0.3) is 5.76 Å². The number of phenolic OH excluding ortho intramolecular Hbond substituents is 1. The van der Waals surface area contributed by atoms with E-state index in [2.05, 4.69) is 5.32 Å². The summed E-state index contributed by atoms with van der Waals surface area (Å²) in [5.74, 6) is -7.70. The van der Waals surface area contributed by atoms with Crippen LogP contribution in [0.1, 0.15) is 33.5 Å². The van der Waals surface area contributed by atoms with Gasteiger partial charge in [-0.1, -0.05) is 6.07 Å². The van der Waals surface area contributed by atoms with Crippen molar-refractivity contribution in [1.29, 1.82) is 0 Å². The normalized spacial score (nSPS) is 25.5. The molecule has 0 saturated heterocycles. The van der Waals surface area contributed by atoms with Crippen molar-refractivity contribution >= 4 is 29.1 Å². The molecule has 8 N–H and O–H groups in total. The number of aliphatic hydroxyl groups is 3. The van der Waals surface area contributed by atoms with E-state index in [0.29, 0.717) is 11.1 Å². The number of likely N-dealkylation sites (N-methyl/N-ethyl adjacent to an activating group) is 1. The van der Waals surface area contributed by atoms with Crippen molar-refractivity contribution in [3.63, 3.8) is 0 Å². The van der Waals surface area contributed by atoms with Gasteiger partial charge in [-0.05, 0) is 50.0 Å². The number of fused-ring (bicyclic) bond motifs is 3. The van der Waals surface area contributed by atoms with Gasteiger partial charge in [0.1, 0.15) is 22.8 Å². The highest BCUT2D eigenvalue weighted by Crippen LogP contribution is 2.52. The van der Waals surface area contributed by atoms with E-state index in [1.165, 1.54) is 49.6 Å². The molecule has 0 unspecified atom stereocenters. The number of nitrogens with zero attached hydrogens (tertiary/aromatic N) is 2. The van der Waals surface area contributed by atoms with E-state index in [0.717, 1.165) is 4.73 Å². The average Bonchev–Trinajstić information content (AvgIpc) is 2.90. The minimum Gasteiger partial charge on any atom is -0.508 e. The summed E-state index contributed by atoms with van der Waals surface area (Å²) >= 11 is 0. The monoisotopic (exact) mass is 565 g/mol. The van der Waals surface area contributed by atoms with Crippen molar-refractivity contribution in [2.75, 3.05) is 14.1 Å². The fraction of sp³-hybridized carbons (Fsp3) is 0.321. The largest absolute Gasteiger partial charge is 0.508 e. The third kappa shape index (κ3) is 4.12. The molecule has 5 rings (SSSR count). The molecule has 214 valence electrons. The number of carbonyl (C=O) groups is 4. The Morgan fingerprint density at radius 2 is 1.78 bits per heavy atom. The quantitative estimate of drug-likeness (QED) is 0.139. The number of phenols is 1. The second-order valence-electron chi connectivity index (χ2n) is 10.7. The third-order valence-electron chi connectivity index (χ3n) is 8.22. The summed E-state index contributed by atoms with van der Waals surface area (Å²) in [6.45, 7) is -0.00355. The van der Waals surface area contributed by atoms with Crippen LogP contribution in [0.2, 0.25) is 0 Å². The molecule has 1 aromatic heterocycles. The molecule has 13 heteroatoms. The molecule has 1 saturated carbocycles. The maximum atomic E-state index is 13.9. The zero-order valence-corrected chi connectivity index (χ0v) is 22.2. The Balaban J connectivity index is 1.57. The maximum Gasteiger partial charge on any atom is 0.255 e. The van der Waals surface area contributed by atoms with Crippen molar-refractivity contribution in [2.45, 2.75) is 31.0 Å². The van der Waals surface area contributed by atoms with Crippen LogP contribution in [0.5, 0.6) is 5.75 Å². The number of hydrogen-bond donors (Lipinski definition) is 7. The number of amides is 2. The van der Waals surface area contributed by atoms with Gasteiger partial charge in [0.2, 0.25) is 18.2 Å². The van der Waals surface area contributed by atoms with Crippen LogP contribution in [0.3, 0.4) is 0 Å². The summed E-state index contributed by atoms with van der Waals surface area (Å²) in [5.41, 5.74) is 2.71. The van der Waals surface area contributed by atoms with Crippen LogP contribution < -0.4 is 15.8 Å². The standard InChI is InChI=1S/C28H28N4O9/c1-31(2)21-16-10-14-9-15-13(11-30-27(39)12-5-7-32(41)8-6-12)3-4-17(33)19(15)22(34)18(14)24(36)28(16,40)25(37)20(23(21)35)26(29)38/h3-8,14,16,21,40H,9-11H2,1-2H3,(H6-,29,30,33,34,35,36,37,38,39,41)/p+1/t14-,16-,21-,28-/m0/s1. The highest BCUT2D eigenvalue weighted by molar-refractivity contribution is 6.24. The van der Waals surface area contributed by atoms with E-state index >= 15 is 0 Å². The summed E-state index contributed by atoms with van der Waals surface area (Å²) in [4.78, 5) is 53.2. The van der Waals surface area contributed by atoms with E-state index in [1.54, 1.807) is 6.07 Å². The summed E-state index contributed by atoms with van der Waals surface area (Å²) in [6.07, 6.45) is 2.64. The van der Waals surface area contributed by atoms with E-state index in [1.807, 2.05) is 0 Å². The Morgan fingerprint density at radius 3 is 2.39 bits per heavy atom. The van der Waals surface area contributed by atoms with Gasteiger partial charge in [-0.2, -0.15) is 0 Å². The van der Waals surface area contributed by atoms with Gasteiger partial charge < -0.3 is 31.5 Å². The van der Waals surface area contributed by atoms with Crippen LogP contribution in [0.15, 0.2) is 53.6 Å². The zero-order valence-electron chi connectivity index (χ0n) is 22.2. The molecule has 2 amide bonds. The number of primary amides is 1. The SMILES string of the molecule is CN(C)[C@@H]1C(=O)C(C(N)=O)=C(O)[C@@]2(O)C(=O)C3=C(O)c4c(O)ccc(CNC(=O)c5cc[n+](O)cc5)c4C[C@H]3C[C@@H]12. The van der Waals surface area contributed by atoms with Crippen molar-refractivity contribution in [1.82, 2.24) is 10.2 Å². The van der Waals surface area contributed by atoms with Gasteiger partial charge in [-0.25, -0.2) is 0 Å². The molecule has 0 spiro atoms. The van der Waals surface area contributed by atoms with E-state index in [9.17, 15) is 44.8 Å². The van der Waals surface area contributed by atoms with Crippen LogP contribution in [0.4, 0.5) is 0 Å². The van der Waals surface area contributed by atoms with Crippen LogP contribution in [-0.2, 0) is 27.3 Å². The molecular formula is C28H29N4O9+. The number of nitrogens with two attached hydrogens (primary N) is 1. The van der Waals surface area contributed by atoms with Crippen LogP contribution >= 0.6 is 0 Å². The molecule has 13 nitrogen and oxygen atoms in total. The number of hydrogen-bond acceptors (Lipinski definition) is 10. The molecule has 1 fully saturated rings. The number of nitrogens with one attached hydrogen (secondary N) is 1. The topological polar surface area (TPSA) is 215 Å². The van der Waals surface area contributed by atoms with Crippen molar-refractivity contribution < 1.29 is 49.5 Å². The van der Waals surface area contributed by atoms with Crippen LogP contribution in [0, 0.1) is 11.8 Å². The van der Waals surface area contributed by atoms with Crippen molar-refractivity contribution in [3.8, 4) is 5.75 Å². The third-order valence-corrected chi connectivity index (χ3v) is 8.22. The van der Waals surface area contributed by atoms with Gasteiger partial charge in [0, 0.05) is 34.9 Å². The molecule has 4 atom stereocenters. The first-order valence-electron chi connectivity index (χ1n) is 12.8. The number of Topliss-reactive ketones (excluding diaryl/α,β-unsaturated/α-hetero) is 2. The van der Waals surface area contributed by atoms with Crippen LogP contribution in [-0.4, -0.2) is 79.7 Å². The lowest BCUT2D eigenvalue weighted by atomic mass is 9.57. The fourth-order valence-electron chi connectivity index (χ4n) is 6.32. The smallest absolute Gasteiger partial charge is 0.255 e. The Labute approximate surface area is 233 Å². The Morgan fingerprint density at radius 1 is 1.12 bits per heavy atom. The summed E-state index contributed by atoms with van der Waals surface area (Å²) in [5, 5.41) is 56.7. The highest BCUT2D eigenvalue weighted by Gasteiger charge is 2.64. The molecule has 1 aromatic carbocycles. The predicted octanol–water partition coefficient (Wildman–Crippen LogP) is -0.581. The highest BCUT2D eigenvalue weighted by atomic mass is 16.5. The molecule has 41 heavy (non-hydrogen) atoms. The van der Waals surface area contributed by atoms with Gasteiger partial charge >= 0.3 is 0 Å². The summed E-state index contributed by atoms with van der Waals surface area (Å²) < 4.78 is 0.789. The molecule has 3 aliphatic rings. The first kappa shape index (κ1) is 27.8. The lowest BCUT2D eigenvalue weighted by molar-refractivity contribution is -0.904. The van der Waals surface area contributed by atoms with Crippen molar-refractivity contribution in [2.24, 2.45) is 17.6 Å². The molecule has 1 heterocycles. The minimum atomic E-state index is -2.71. The molecule has 0 radical (unpaired) electrons. The van der Waals surface area contributed by atoms with Gasteiger partial charge in [0.25, 0.3) is 11.8 Å². The van der Waals surface area contributed by atoms with E-state index in [4.69, 9.17) is 5.73 Å². The second kappa shape index (κ2) is 9.71. The van der Waals surface area contributed by atoms with E-state index < -0.39 is 64.0 Å². The average molecular weight is 566 g/mol. The lowest BCUT2D eigenvalue weighted by Crippen LogP contribution is -2.65. The van der Waals surface area contributed by atoms with Gasteiger partial charge in [-0.3, -0.25) is 29.3 Å². The molecule has 3 aliphatic carbocycles. The fourth-order valence-corrected chi connectivity index (χ4v) is 6.32. The number of rotatable bonds is 5. The Hall–Kier alpha value is -4.75.